The van der Waals surface area contributed by atoms with Crippen molar-refractivity contribution in [1.29, 1.82) is 0 Å². The molecule has 6 heteroatoms. The van der Waals surface area contributed by atoms with Gasteiger partial charge in [0.15, 0.2) is 0 Å². The van der Waals surface area contributed by atoms with Crippen LogP contribution in [0.2, 0.25) is 10.0 Å². The standard InChI is InChI=1S/C13H9Cl2NO3/c1-7-2-3-9(14)5-11(7)19-12-10(15)4-8(6-16-12)13(17)18/h2-6H,1H3,(H,17,18). The number of halogens is 2. The minimum atomic E-state index is -1.10. The predicted molar refractivity (Wildman–Crippen MR) is 72.5 cm³/mol. The van der Waals surface area contributed by atoms with E-state index >= 15 is 0 Å². The number of carboxylic acid groups (broad SMARTS) is 1. The second-order valence-electron chi connectivity index (χ2n) is 3.83. The van der Waals surface area contributed by atoms with Gasteiger partial charge in [-0.3, -0.25) is 0 Å². The molecule has 0 spiro atoms. The van der Waals surface area contributed by atoms with E-state index in [2.05, 4.69) is 4.98 Å². The van der Waals surface area contributed by atoms with Gasteiger partial charge in [-0.2, -0.15) is 0 Å². The highest BCUT2D eigenvalue weighted by molar-refractivity contribution is 6.32. The maximum atomic E-state index is 10.8. The number of hydrogen-bond acceptors (Lipinski definition) is 3. The lowest BCUT2D eigenvalue weighted by atomic mass is 10.2. The van der Waals surface area contributed by atoms with Crippen LogP contribution in [0.5, 0.6) is 11.6 Å². The highest BCUT2D eigenvalue weighted by Gasteiger charge is 2.11. The summed E-state index contributed by atoms with van der Waals surface area (Å²) in [5.74, 6) is -0.443. The van der Waals surface area contributed by atoms with Gasteiger partial charge < -0.3 is 9.84 Å². The van der Waals surface area contributed by atoms with Crippen molar-refractivity contribution in [2.45, 2.75) is 6.92 Å². The monoisotopic (exact) mass is 297 g/mol. The van der Waals surface area contributed by atoms with Crippen LogP contribution in [-0.4, -0.2) is 16.1 Å². The summed E-state index contributed by atoms with van der Waals surface area (Å²) in [6.45, 7) is 1.85. The van der Waals surface area contributed by atoms with Gasteiger partial charge in [-0.05, 0) is 30.7 Å². The van der Waals surface area contributed by atoms with Crippen LogP contribution in [0.3, 0.4) is 0 Å². The minimum absolute atomic E-state index is 0.000154. The average molecular weight is 298 g/mol. The van der Waals surface area contributed by atoms with Gasteiger partial charge in [-0.15, -0.1) is 0 Å². The van der Waals surface area contributed by atoms with Crippen LogP contribution >= 0.6 is 23.2 Å². The second kappa shape index (κ2) is 5.47. The molecule has 19 heavy (non-hydrogen) atoms. The second-order valence-corrected chi connectivity index (χ2v) is 4.67. The van der Waals surface area contributed by atoms with Gasteiger partial charge in [0.05, 0.1) is 5.56 Å². The Morgan fingerprint density at radius 3 is 2.68 bits per heavy atom. The van der Waals surface area contributed by atoms with Gasteiger partial charge in [0.2, 0.25) is 5.88 Å². The third-order valence-electron chi connectivity index (χ3n) is 2.41. The van der Waals surface area contributed by atoms with E-state index in [0.717, 1.165) is 5.56 Å². The molecule has 2 aromatic rings. The zero-order chi connectivity index (χ0) is 14.0. The lowest BCUT2D eigenvalue weighted by Gasteiger charge is -2.09. The zero-order valence-corrected chi connectivity index (χ0v) is 11.4. The minimum Gasteiger partial charge on any atom is -0.478 e. The smallest absolute Gasteiger partial charge is 0.337 e. The molecule has 2 rings (SSSR count). The van der Waals surface area contributed by atoms with Crippen molar-refractivity contribution in [3.05, 3.63) is 51.6 Å². The molecule has 98 valence electrons. The highest BCUT2D eigenvalue weighted by Crippen LogP contribution is 2.31. The topological polar surface area (TPSA) is 59.4 Å². The molecule has 0 saturated heterocycles. The molecule has 1 heterocycles. The van der Waals surface area contributed by atoms with Crippen molar-refractivity contribution in [3.63, 3.8) is 0 Å². The van der Waals surface area contributed by atoms with Crippen molar-refractivity contribution >= 4 is 29.2 Å². The molecule has 1 N–H and O–H groups in total. The van der Waals surface area contributed by atoms with Gasteiger partial charge >= 0.3 is 5.97 Å². The fourth-order valence-electron chi connectivity index (χ4n) is 1.41. The number of carbonyl (C=O) groups is 1. The summed E-state index contributed by atoms with van der Waals surface area (Å²) < 4.78 is 5.54. The molecule has 0 saturated carbocycles. The van der Waals surface area contributed by atoms with Crippen LogP contribution in [0.15, 0.2) is 30.5 Å². The van der Waals surface area contributed by atoms with Gasteiger partial charge in [0, 0.05) is 11.2 Å². The fraction of sp³-hybridized carbons (Fsp3) is 0.0769. The van der Waals surface area contributed by atoms with Crippen LogP contribution in [0, 0.1) is 6.92 Å². The molecule has 0 amide bonds. The largest absolute Gasteiger partial charge is 0.478 e. The quantitative estimate of drug-likeness (QED) is 0.923. The number of carboxylic acids is 1. The number of benzene rings is 1. The fourth-order valence-corrected chi connectivity index (χ4v) is 1.77. The van der Waals surface area contributed by atoms with Crippen molar-refractivity contribution in [1.82, 2.24) is 4.98 Å². The van der Waals surface area contributed by atoms with E-state index in [1.54, 1.807) is 18.2 Å². The first-order chi connectivity index (χ1) is 8.97. The summed E-state index contributed by atoms with van der Waals surface area (Å²) >= 11 is 11.8. The molecule has 4 nitrogen and oxygen atoms in total. The number of rotatable bonds is 3. The Balaban J connectivity index is 2.33. The maximum Gasteiger partial charge on any atom is 0.337 e. The summed E-state index contributed by atoms with van der Waals surface area (Å²) in [6, 6.07) is 6.47. The first kappa shape index (κ1) is 13.6. The number of aryl methyl sites for hydroxylation is 1. The lowest BCUT2D eigenvalue weighted by Crippen LogP contribution is -1.99. The van der Waals surface area contributed by atoms with Gasteiger partial charge in [0.1, 0.15) is 10.8 Å². The molecule has 1 aromatic heterocycles. The Bertz CT molecular complexity index is 644. The Morgan fingerprint density at radius 1 is 1.32 bits per heavy atom. The predicted octanol–water partition coefficient (Wildman–Crippen LogP) is 4.19. The first-order valence-corrected chi connectivity index (χ1v) is 6.06. The van der Waals surface area contributed by atoms with Crippen LogP contribution in [-0.2, 0) is 0 Å². The Morgan fingerprint density at radius 2 is 2.05 bits per heavy atom. The molecule has 0 unspecified atom stereocenters. The summed E-state index contributed by atoms with van der Waals surface area (Å²) in [4.78, 5) is 14.7. The number of aromatic nitrogens is 1. The number of pyridine rings is 1. The summed E-state index contributed by atoms with van der Waals surface area (Å²) in [5, 5.41) is 9.46. The number of nitrogens with zero attached hydrogens (tertiary/aromatic N) is 1. The normalized spacial score (nSPS) is 10.3. The van der Waals surface area contributed by atoms with Crippen LogP contribution < -0.4 is 4.74 Å². The highest BCUT2D eigenvalue weighted by atomic mass is 35.5. The van der Waals surface area contributed by atoms with E-state index in [1.807, 2.05) is 6.92 Å². The number of hydrogen-bond donors (Lipinski definition) is 1. The summed E-state index contributed by atoms with van der Waals surface area (Å²) in [7, 11) is 0. The number of ether oxygens (including phenoxy) is 1. The van der Waals surface area contributed by atoms with Crippen molar-refractivity contribution < 1.29 is 14.6 Å². The molecule has 0 aliphatic heterocycles. The zero-order valence-electron chi connectivity index (χ0n) is 9.85. The molecular formula is C13H9Cl2NO3. The molecule has 0 aliphatic rings. The van der Waals surface area contributed by atoms with Gasteiger partial charge in [0.25, 0.3) is 0 Å². The molecule has 0 atom stereocenters. The summed E-state index contributed by atoms with van der Waals surface area (Å²) in [6.07, 6.45) is 1.18. The van der Waals surface area contributed by atoms with Crippen molar-refractivity contribution in [2.75, 3.05) is 0 Å². The molecule has 0 fully saturated rings. The SMILES string of the molecule is Cc1ccc(Cl)cc1Oc1ncc(C(=O)O)cc1Cl. The molecule has 0 bridgehead atoms. The van der Waals surface area contributed by atoms with E-state index in [9.17, 15) is 4.79 Å². The third-order valence-corrected chi connectivity index (χ3v) is 2.92. The molecule has 0 radical (unpaired) electrons. The molecule has 0 aliphatic carbocycles. The van der Waals surface area contributed by atoms with Gasteiger partial charge in [-0.1, -0.05) is 29.3 Å². The Labute approximate surface area is 119 Å². The molecular weight excluding hydrogens is 289 g/mol. The van der Waals surface area contributed by atoms with E-state index < -0.39 is 5.97 Å². The average Bonchev–Trinajstić information content (AvgIpc) is 2.36. The number of aromatic carboxylic acids is 1. The maximum absolute atomic E-state index is 10.8. The van der Waals surface area contributed by atoms with Crippen LogP contribution in [0.1, 0.15) is 15.9 Å². The Kier molecular flexibility index (Phi) is 3.93. The van der Waals surface area contributed by atoms with E-state index in [4.69, 9.17) is 33.0 Å². The van der Waals surface area contributed by atoms with Crippen molar-refractivity contribution in [2.24, 2.45) is 0 Å². The van der Waals surface area contributed by atoms with E-state index in [0.29, 0.717) is 10.8 Å². The third kappa shape index (κ3) is 3.16. The summed E-state index contributed by atoms with van der Waals surface area (Å²) in [5.41, 5.74) is 0.866. The lowest BCUT2D eigenvalue weighted by molar-refractivity contribution is 0.0696. The van der Waals surface area contributed by atoms with Crippen molar-refractivity contribution in [3.8, 4) is 11.6 Å². The van der Waals surface area contributed by atoms with Gasteiger partial charge in [-0.25, -0.2) is 9.78 Å². The van der Waals surface area contributed by atoms with E-state index in [-0.39, 0.29) is 16.5 Å². The Hall–Kier alpha value is -1.78. The van der Waals surface area contributed by atoms with E-state index in [1.165, 1.54) is 12.3 Å². The first-order valence-electron chi connectivity index (χ1n) is 5.30. The molecule has 1 aromatic carbocycles. The van der Waals surface area contributed by atoms with Crippen LogP contribution in [0.25, 0.3) is 0 Å². The van der Waals surface area contributed by atoms with Crippen LogP contribution in [0.4, 0.5) is 0 Å².